The van der Waals surface area contributed by atoms with E-state index in [1.807, 2.05) is 0 Å². The number of ether oxygens (including phenoxy) is 8. The van der Waals surface area contributed by atoms with E-state index in [0.717, 1.165) is 128 Å². The molecule has 0 spiro atoms. The van der Waals surface area contributed by atoms with Gasteiger partial charge in [0.05, 0.1) is 13.2 Å². The second kappa shape index (κ2) is 73.3. The Bertz CT molecular complexity index is 2520. The van der Waals surface area contributed by atoms with Gasteiger partial charge in [0.25, 0.3) is 0 Å². The zero-order valence-corrected chi connectivity index (χ0v) is 77.4. The number of carbonyl (C=O) groups excluding carboxylic acids is 4. The van der Waals surface area contributed by atoms with Crippen molar-refractivity contribution in [1.29, 1.82) is 0 Å². The van der Waals surface area contributed by atoms with Crippen LogP contribution in [0, 0.1) is 5.92 Å². The van der Waals surface area contributed by atoms with Gasteiger partial charge in [0.2, 0.25) is 0 Å². The Morgan fingerprint density at radius 3 is 0.983 bits per heavy atom. The number of unbranched alkanes of at least 4 members (excludes halogenated alkanes) is 53. The average Bonchev–Trinajstić information content (AvgIpc) is 0.754. The van der Waals surface area contributed by atoms with Crippen molar-refractivity contribution in [3.05, 3.63) is 0 Å². The van der Waals surface area contributed by atoms with Gasteiger partial charge in [-0.05, 0) is 31.6 Å². The molecule has 121 heavy (non-hydrogen) atoms. The summed E-state index contributed by atoms with van der Waals surface area (Å²) in [4.78, 5) is 66.7. The summed E-state index contributed by atoms with van der Waals surface area (Å²) < 4.78 is 73.7. The fraction of sp³-hybridized carbons (Fsp3) is 0.958. The number of aliphatic hydroxyl groups excluding tert-OH is 9. The molecular weight excluding hydrogens is 1570 g/mol. The van der Waals surface area contributed by atoms with Crippen LogP contribution in [0.15, 0.2) is 0 Å². The summed E-state index contributed by atoms with van der Waals surface area (Å²) in [6.45, 7) is 7.99. The zero-order valence-electron chi connectivity index (χ0n) is 76.5. The monoisotopic (exact) mass is 1750 g/mol. The lowest BCUT2D eigenvalue weighted by molar-refractivity contribution is -0.360. The van der Waals surface area contributed by atoms with Crippen molar-refractivity contribution >= 4 is 31.7 Å². The molecule has 714 valence electrons. The quantitative estimate of drug-likeness (QED) is 0.0117. The van der Waals surface area contributed by atoms with E-state index < -0.39 is 162 Å². The Labute approximate surface area is 731 Å². The number of rotatable bonds is 81. The number of phosphoric ester groups is 1. The third kappa shape index (κ3) is 53.3. The molecule has 0 bridgehead atoms. The lowest BCUT2D eigenvalue weighted by atomic mass is 9.84. The molecule has 19 atom stereocenters. The summed E-state index contributed by atoms with van der Waals surface area (Å²) >= 11 is 0. The van der Waals surface area contributed by atoms with Gasteiger partial charge in [0.15, 0.2) is 24.8 Å². The minimum Gasteiger partial charge on any atom is -0.463 e. The highest BCUT2D eigenvalue weighted by Gasteiger charge is 2.60. The molecule has 0 aromatic heterocycles. The summed E-state index contributed by atoms with van der Waals surface area (Å²) in [6, 6.07) is 0. The van der Waals surface area contributed by atoms with Crippen LogP contribution < -0.4 is 0 Å². The Kier molecular flexibility index (Phi) is 68.2. The normalized spacial score (nSPS) is 24.8. The van der Waals surface area contributed by atoms with E-state index in [1.54, 1.807) is 0 Å². The van der Waals surface area contributed by atoms with Crippen molar-refractivity contribution in [2.45, 2.75) is 550 Å². The predicted molar refractivity (Wildman–Crippen MR) is 472 cm³/mol. The molecule has 3 aliphatic rings. The number of esters is 4. The van der Waals surface area contributed by atoms with E-state index in [9.17, 15) is 74.6 Å². The van der Waals surface area contributed by atoms with Gasteiger partial charge in [0.1, 0.15) is 92.6 Å². The molecule has 2 aliphatic heterocycles. The second-order valence-corrected chi connectivity index (χ2v) is 37.3. The number of phosphoric acid groups is 1. The van der Waals surface area contributed by atoms with Crippen LogP contribution in [-0.4, -0.2) is 205 Å². The Morgan fingerprint density at radius 1 is 0.322 bits per heavy atom. The lowest BCUT2D eigenvalue weighted by Gasteiger charge is -2.50. The van der Waals surface area contributed by atoms with Gasteiger partial charge in [-0.1, -0.05) is 394 Å². The van der Waals surface area contributed by atoms with E-state index in [4.69, 9.17) is 46.9 Å². The van der Waals surface area contributed by atoms with Crippen molar-refractivity contribution in [2.75, 3.05) is 26.4 Å². The molecule has 0 aromatic carbocycles. The van der Waals surface area contributed by atoms with Gasteiger partial charge in [-0.3, -0.25) is 28.2 Å². The van der Waals surface area contributed by atoms with Gasteiger partial charge in [-0.15, -0.1) is 0 Å². The summed E-state index contributed by atoms with van der Waals surface area (Å²) in [5.41, 5.74) is 0. The fourth-order valence-corrected chi connectivity index (χ4v) is 17.8. The van der Waals surface area contributed by atoms with Gasteiger partial charge in [-0.2, -0.15) is 0 Å². The largest absolute Gasteiger partial charge is 0.472 e. The van der Waals surface area contributed by atoms with Crippen LogP contribution in [0.3, 0.4) is 0 Å². The van der Waals surface area contributed by atoms with Gasteiger partial charge in [0, 0.05) is 25.7 Å². The molecule has 2 heterocycles. The van der Waals surface area contributed by atoms with Gasteiger partial charge < -0.3 is 88.7 Å². The highest BCUT2D eigenvalue weighted by Crippen LogP contribution is 2.49. The van der Waals surface area contributed by atoms with E-state index in [-0.39, 0.29) is 25.7 Å². The van der Waals surface area contributed by atoms with E-state index in [2.05, 4.69) is 34.6 Å². The number of aliphatic hydroxyl groups is 9. The molecule has 19 unspecified atom stereocenters. The van der Waals surface area contributed by atoms with Gasteiger partial charge in [-0.25, -0.2) is 4.57 Å². The van der Waals surface area contributed by atoms with Crippen molar-refractivity contribution in [3.8, 4) is 0 Å². The molecule has 26 heteroatoms. The third-order valence-corrected chi connectivity index (χ3v) is 25.7. The minimum atomic E-state index is -5.81. The van der Waals surface area contributed by atoms with Crippen LogP contribution in [0.5, 0.6) is 0 Å². The van der Waals surface area contributed by atoms with Crippen LogP contribution >= 0.6 is 7.82 Å². The minimum absolute atomic E-state index is 0.0200. The molecule has 3 rings (SSSR count). The van der Waals surface area contributed by atoms with Gasteiger partial charge >= 0.3 is 31.7 Å². The molecule has 1 saturated carbocycles. The van der Waals surface area contributed by atoms with Crippen LogP contribution in [0.25, 0.3) is 0 Å². The first kappa shape index (κ1) is 113. The maximum atomic E-state index is 14.9. The van der Waals surface area contributed by atoms with Crippen molar-refractivity contribution in [1.82, 2.24) is 0 Å². The predicted octanol–water partition coefficient (Wildman–Crippen LogP) is 19.2. The topological polar surface area (TPSA) is 380 Å². The average molecular weight is 1750 g/mol. The number of hydrogen-bond donors (Lipinski definition) is 10. The summed E-state index contributed by atoms with van der Waals surface area (Å²) in [5, 5.41) is 103. The molecule has 3 fully saturated rings. The molecule has 10 N–H and O–H groups in total. The molecule has 0 radical (unpaired) electrons. The Balaban J connectivity index is 1.90. The maximum Gasteiger partial charge on any atom is 0.472 e. The Hall–Kier alpha value is -2.53. The summed E-state index contributed by atoms with van der Waals surface area (Å²) in [7, 11) is -5.81. The Morgan fingerprint density at radius 2 is 0.620 bits per heavy atom. The van der Waals surface area contributed by atoms with Crippen molar-refractivity contribution < 1.29 is 122 Å². The highest BCUT2D eigenvalue weighted by atomic mass is 31.2. The second-order valence-electron chi connectivity index (χ2n) is 35.9. The first-order valence-electron chi connectivity index (χ1n) is 49.7. The number of carbonyl (C=O) groups is 4. The van der Waals surface area contributed by atoms with Crippen LogP contribution in [-0.2, 0) is 70.7 Å². The number of hydrogen-bond acceptors (Lipinski definition) is 24. The molecule has 0 aromatic rings. The lowest BCUT2D eigenvalue weighted by Crippen LogP contribution is -2.70. The van der Waals surface area contributed by atoms with Crippen LogP contribution in [0.4, 0.5) is 0 Å². The molecular formula is C95H179O25P. The van der Waals surface area contributed by atoms with E-state index >= 15 is 0 Å². The van der Waals surface area contributed by atoms with Crippen molar-refractivity contribution in [2.24, 2.45) is 5.92 Å². The van der Waals surface area contributed by atoms with E-state index in [0.29, 0.717) is 38.0 Å². The summed E-state index contributed by atoms with van der Waals surface area (Å²) in [6.07, 6.45) is 30.7. The highest BCUT2D eigenvalue weighted by molar-refractivity contribution is 7.47. The molecule has 1 aliphatic carbocycles. The standard InChI is InChI=1S/C95H179O25P/c1-6-10-14-18-22-25-28-31-34-37-40-43-46-49-56-63-69-81(100)117-90-86(105)87(106)91(118-94-88(107)84(103)82(101)76(70-96)115-94)93(92(90)119-95-89(108)85(104)83(102)77(116-95)73-112-79(98)67-61-55-48-45-42-39-36-33-30-27-24-20-16-12-8-3)120-121(109,110)113-72-75(71-111-78(97)66-60-54-47-44-41-38-35-32-29-26-23-19-15-11-7-2)114-80(99)68-62-57-51-50-53-59-65-74(5)64-58-52-21-17-13-9-4/h74-77,82-96,101-108H,6-73H2,1-5H3,(H,109,110). The first-order chi connectivity index (χ1) is 58.6. The molecule has 25 nitrogen and oxygen atoms in total. The fourth-order valence-electron chi connectivity index (χ4n) is 16.8. The maximum absolute atomic E-state index is 14.9. The SMILES string of the molecule is CCCCCCCCCCCCCCCCCCC(=O)OC1C(O)C(O)C(OC2OC(CO)C(O)C(O)C2O)C(OP(=O)(O)OCC(COC(=O)CCCCCCCCCCCCCCCCC)OC(=O)CCCCCCCCC(C)CCCCCCCC)C1OC1OC(COC(=O)CCCCCCCCCCCCCCCCC)C(O)C(O)C1O. The van der Waals surface area contributed by atoms with Crippen molar-refractivity contribution in [3.63, 3.8) is 0 Å². The van der Waals surface area contributed by atoms with Crippen LogP contribution in [0.2, 0.25) is 0 Å². The van der Waals surface area contributed by atoms with Crippen LogP contribution in [0.1, 0.15) is 446 Å². The zero-order chi connectivity index (χ0) is 88.4. The van der Waals surface area contributed by atoms with E-state index in [1.165, 1.54) is 225 Å². The first-order valence-corrected chi connectivity index (χ1v) is 51.2. The molecule has 0 amide bonds. The third-order valence-electron chi connectivity index (χ3n) is 24.8. The molecule has 2 saturated heterocycles. The smallest absolute Gasteiger partial charge is 0.463 e. The summed E-state index contributed by atoms with van der Waals surface area (Å²) in [5.74, 6) is -2.27.